The van der Waals surface area contributed by atoms with Crippen molar-refractivity contribution in [2.24, 2.45) is 0 Å². The maximum absolute atomic E-state index is 12.4. The molecule has 1 aliphatic heterocycles. The molecule has 0 bridgehead atoms. The highest BCUT2D eigenvalue weighted by molar-refractivity contribution is 5.99. The van der Waals surface area contributed by atoms with Gasteiger partial charge in [0.2, 0.25) is 0 Å². The Morgan fingerprint density at radius 2 is 1.83 bits per heavy atom. The first-order chi connectivity index (χ1) is 11.0. The molecule has 0 saturated carbocycles. The fourth-order valence-corrected chi connectivity index (χ4v) is 2.71. The zero-order chi connectivity index (χ0) is 17.0. The highest BCUT2D eigenvalue weighted by atomic mass is 16.5. The fraction of sp³-hybridized carbons (Fsp3) is 0.222. The number of esters is 1. The van der Waals surface area contributed by atoms with Crippen LogP contribution in [0.3, 0.4) is 0 Å². The number of carboxylic acids is 1. The largest absolute Gasteiger partial charge is 0.478 e. The third-order valence-corrected chi connectivity index (χ3v) is 3.63. The minimum Gasteiger partial charge on any atom is -0.478 e. The first-order valence-corrected chi connectivity index (χ1v) is 7.04. The summed E-state index contributed by atoms with van der Waals surface area (Å²) in [6, 6.07) is 8.99. The van der Waals surface area contributed by atoms with Crippen LogP contribution in [0.25, 0.3) is 0 Å². The molecule has 0 aliphatic carbocycles. The van der Waals surface area contributed by atoms with E-state index in [4.69, 9.17) is 11.2 Å². The van der Waals surface area contributed by atoms with Gasteiger partial charge in [0.25, 0.3) is 0 Å². The Hall–Kier alpha value is -3.00. The van der Waals surface area contributed by atoms with Crippen LogP contribution in [0.4, 0.5) is 0 Å². The van der Waals surface area contributed by atoms with Crippen LogP contribution in [0.2, 0.25) is 0 Å². The van der Waals surface area contributed by atoms with Crippen LogP contribution in [0.15, 0.2) is 52.9 Å². The quantitative estimate of drug-likeness (QED) is 0.658. The monoisotopic (exact) mass is 311 g/mol. The van der Waals surface area contributed by atoms with Crippen molar-refractivity contribution in [2.45, 2.75) is 19.8 Å². The summed E-state index contributed by atoms with van der Waals surface area (Å²) in [6.45, 7) is 3.22. The minimum atomic E-state index is -1.08. The second-order valence-electron chi connectivity index (χ2n) is 5.13. The van der Waals surface area contributed by atoms with E-state index in [-0.39, 0.29) is 17.8 Å². The number of dihydropyridines is 1. The Bertz CT molecular complexity index is 738. The first-order valence-electron chi connectivity index (χ1n) is 7.04. The zero-order valence-electron chi connectivity index (χ0n) is 12.9. The summed E-state index contributed by atoms with van der Waals surface area (Å²) >= 11 is 0. The number of carbonyl (C=O) groups excluding carboxylic acids is 1. The van der Waals surface area contributed by atoms with Crippen molar-refractivity contribution in [1.82, 2.24) is 5.32 Å². The van der Waals surface area contributed by atoms with E-state index in [1.54, 1.807) is 38.1 Å². The summed E-state index contributed by atoms with van der Waals surface area (Å²) in [5, 5.41) is 12.5. The van der Waals surface area contributed by atoms with E-state index in [1.165, 1.54) is 0 Å². The summed E-state index contributed by atoms with van der Waals surface area (Å²) in [5.41, 5.74) is 2.14. The van der Waals surface area contributed by atoms with Gasteiger partial charge in [-0.05, 0) is 19.4 Å². The van der Waals surface area contributed by atoms with Crippen LogP contribution in [-0.2, 0) is 14.3 Å². The van der Waals surface area contributed by atoms with Gasteiger partial charge >= 0.3 is 11.9 Å². The van der Waals surface area contributed by atoms with Gasteiger partial charge in [0.1, 0.15) is 0 Å². The molecule has 5 nitrogen and oxygen atoms in total. The minimum absolute atomic E-state index is 0.120. The molecule has 118 valence electrons. The molecule has 1 unspecified atom stereocenters. The molecule has 0 spiro atoms. The second kappa shape index (κ2) is 6.84. The van der Waals surface area contributed by atoms with Gasteiger partial charge in [0.05, 0.1) is 17.1 Å². The van der Waals surface area contributed by atoms with E-state index in [9.17, 15) is 14.7 Å². The van der Waals surface area contributed by atoms with Gasteiger partial charge in [0, 0.05) is 11.4 Å². The number of hydrogen-bond acceptors (Lipinski definition) is 4. The topological polar surface area (TPSA) is 75.6 Å². The first kappa shape index (κ1) is 16.4. The molecule has 1 aromatic carbocycles. The molecule has 0 aromatic heterocycles. The average molecular weight is 311 g/mol. The van der Waals surface area contributed by atoms with Gasteiger partial charge in [-0.2, -0.15) is 0 Å². The number of aliphatic carboxylic acids is 1. The summed E-state index contributed by atoms with van der Waals surface area (Å²) in [7, 11) is 0. The summed E-state index contributed by atoms with van der Waals surface area (Å²) in [5.74, 6) is -0.175. The lowest BCUT2D eigenvalue weighted by atomic mass is 9.80. The maximum Gasteiger partial charge on any atom is 0.337 e. The van der Waals surface area contributed by atoms with Gasteiger partial charge < -0.3 is 15.2 Å². The zero-order valence-corrected chi connectivity index (χ0v) is 12.9. The Labute approximate surface area is 134 Å². The van der Waals surface area contributed by atoms with Crippen LogP contribution in [-0.4, -0.2) is 23.7 Å². The number of carboxylic acid groups (broad SMARTS) is 1. The predicted molar refractivity (Wildman–Crippen MR) is 85.1 cm³/mol. The van der Waals surface area contributed by atoms with Crippen molar-refractivity contribution in [1.29, 1.82) is 0 Å². The van der Waals surface area contributed by atoms with Crippen molar-refractivity contribution in [3.05, 3.63) is 58.4 Å². The Morgan fingerprint density at radius 3 is 2.39 bits per heavy atom. The second-order valence-corrected chi connectivity index (χ2v) is 5.13. The van der Waals surface area contributed by atoms with E-state index < -0.39 is 17.9 Å². The Morgan fingerprint density at radius 1 is 1.22 bits per heavy atom. The van der Waals surface area contributed by atoms with Crippen LogP contribution >= 0.6 is 0 Å². The van der Waals surface area contributed by atoms with Crippen LogP contribution in [0, 0.1) is 12.3 Å². The smallest absolute Gasteiger partial charge is 0.337 e. The molecule has 1 aliphatic rings. The van der Waals surface area contributed by atoms with E-state index in [0.717, 1.165) is 0 Å². The standard InChI is InChI=1S/C18H17NO4/c1-4-10-23-18(22)15-12(3)19-11(2)14(17(20)21)16(15)13-8-6-5-7-9-13/h1,5-9,16,19H,10H2,2-3H3,(H,20,21). The van der Waals surface area contributed by atoms with Gasteiger partial charge in [0.15, 0.2) is 6.61 Å². The molecule has 1 heterocycles. The molecular formula is C18H17NO4. The van der Waals surface area contributed by atoms with Gasteiger partial charge in [-0.3, -0.25) is 0 Å². The highest BCUT2D eigenvalue weighted by Gasteiger charge is 2.36. The van der Waals surface area contributed by atoms with Crippen molar-refractivity contribution in [2.75, 3.05) is 6.61 Å². The van der Waals surface area contributed by atoms with Gasteiger partial charge in [-0.25, -0.2) is 9.59 Å². The lowest BCUT2D eigenvalue weighted by Crippen LogP contribution is -2.31. The number of benzene rings is 1. The number of rotatable bonds is 4. The molecule has 0 saturated heterocycles. The predicted octanol–water partition coefficient (Wildman–Crippen LogP) is 2.18. The third kappa shape index (κ3) is 3.27. The molecule has 0 amide bonds. The molecule has 1 atom stereocenters. The van der Waals surface area contributed by atoms with Gasteiger partial charge in [-0.1, -0.05) is 36.3 Å². The third-order valence-electron chi connectivity index (χ3n) is 3.63. The molecular weight excluding hydrogens is 294 g/mol. The lowest BCUT2D eigenvalue weighted by Gasteiger charge is -2.29. The normalized spacial score (nSPS) is 17.3. The highest BCUT2D eigenvalue weighted by Crippen LogP contribution is 2.38. The van der Waals surface area contributed by atoms with Crippen LogP contribution < -0.4 is 5.32 Å². The number of hydrogen-bond donors (Lipinski definition) is 2. The van der Waals surface area contributed by atoms with Crippen LogP contribution in [0.1, 0.15) is 25.3 Å². The summed E-state index contributed by atoms with van der Waals surface area (Å²) in [4.78, 5) is 24.1. The van der Waals surface area contributed by atoms with Crippen molar-refractivity contribution in [3.63, 3.8) is 0 Å². The number of terminal acetylenes is 1. The maximum atomic E-state index is 12.4. The molecule has 5 heteroatoms. The Balaban J connectivity index is 2.58. The number of allylic oxidation sites excluding steroid dienone is 2. The van der Waals surface area contributed by atoms with Crippen molar-refractivity contribution < 1.29 is 19.4 Å². The number of carbonyl (C=O) groups is 2. The molecule has 2 rings (SSSR count). The summed E-state index contributed by atoms with van der Waals surface area (Å²) in [6.07, 6.45) is 5.12. The fourth-order valence-electron chi connectivity index (χ4n) is 2.71. The molecule has 1 aromatic rings. The number of ether oxygens (including phenoxy) is 1. The van der Waals surface area contributed by atoms with E-state index in [0.29, 0.717) is 17.0 Å². The van der Waals surface area contributed by atoms with Gasteiger partial charge in [-0.15, -0.1) is 6.42 Å². The SMILES string of the molecule is C#CCOC(=O)C1=C(C)NC(C)=C(C(=O)O)C1c1ccccc1. The number of nitrogens with one attached hydrogen (secondary N) is 1. The van der Waals surface area contributed by atoms with E-state index >= 15 is 0 Å². The average Bonchev–Trinajstić information content (AvgIpc) is 2.52. The van der Waals surface area contributed by atoms with Crippen LogP contribution in [0.5, 0.6) is 0 Å². The molecule has 23 heavy (non-hydrogen) atoms. The molecule has 0 radical (unpaired) electrons. The molecule has 2 N–H and O–H groups in total. The lowest BCUT2D eigenvalue weighted by molar-refractivity contribution is -0.138. The van der Waals surface area contributed by atoms with Crippen molar-refractivity contribution >= 4 is 11.9 Å². The molecule has 0 fully saturated rings. The summed E-state index contributed by atoms with van der Waals surface area (Å²) < 4.78 is 5.03. The Kier molecular flexibility index (Phi) is 4.87. The van der Waals surface area contributed by atoms with E-state index in [1.807, 2.05) is 6.07 Å². The van der Waals surface area contributed by atoms with Crippen molar-refractivity contribution in [3.8, 4) is 12.3 Å². The van der Waals surface area contributed by atoms with E-state index in [2.05, 4.69) is 11.2 Å².